The van der Waals surface area contributed by atoms with E-state index in [4.69, 9.17) is 0 Å². The van der Waals surface area contributed by atoms with Crippen molar-refractivity contribution in [1.82, 2.24) is 5.32 Å². The van der Waals surface area contributed by atoms with Crippen LogP contribution in [0, 0.1) is 0 Å². The van der Waals surface area contributed by atoms with Crippen LogP contribution in [-0.4, -0.2) is 24.7 Å². The molecular weight excluding hydrogens is 300 g/mol. The van der Waals surface area contributed by atoms with Gasteiger partial charge in [-0.2, -0.15) is 0 Å². The van der Waals surface area contributed by atoms with Gasteiger partial charge in [-0.1, -0.05) is 31.9 Å². The number of halogens is 1. The lowest BCUT2D eigenvalue weighted by Gasteiger charge is -2.47. The van der Waals surface area contributed by atoms with Gasteiger partial charge in [0.2, 0.25) is 0 Å². The normalized spacial score (nSPS) is 26.0. The molecule has 1 unspecified atom stereocenters. The molecule has 1 spiro atoms. The van der Waals surface area contributed by atoms with Crippen LogP contribution in [0.1, 0.15) is 39.0 Å². The summed E-state index contributed by atoms with van der Waals surface area (Å²) < 4.78 is 1.23. The number of nitrogens with one attached hydrogen (secondary N) is 1. The molecule has 0 amide bonds. The zero-order valence-corrected chi connectivity index (χ0v) is 13.2. The summed E-state index contributed by atoms with van der Waals surface area (Å²) >= 11 is 3.72. The summed E-state index contributed by atoms with van der Waals surface area (Å²) in [6.45, 7) is 4.58. The minimum absolute atomic E-state index is 0.376. The smallest absolute Gasteiger partial charge is 0.0514 e. The van der Waals surface area contributed by atoms with Crippen LogP contribution in [0.3, 0.4) is 0 Å². The minimum Gasteiger partial charge on any atom is -0.365 e. The molecule has 19 heavy (non-hydrogen) atoms. The molecule has 0 bridgehead atoms. The monoisotopic (exact) mass is 322 g/mol. The molecule has 1 saturated heterocycles. The van der Waals surface area contributed by atoms with Gasteiger partial charge in [0.15, 0.2) is 0 Å². The molecule has 0 radical (unpaired) electrons. The average Bonchev–Trinajstić information content (AvgIpc) is 2.88. The fourth-order valence-corrected chi connectivity index (χ4v) is 4.19. The fourth-order valence-electron chi connectivity index (χ4n) is 3.67. The van der Waals surface area contributed by atoms with Crippen molar-refractivity contribution in [2.24, 2.45) is 0 Å². The van der Waals surface area contributed by atoms with E-state index in [1.165, 1.54) is 42.3 Å². The highest BCUT2D eigenvalue weighted by molar-refractivity contribution is 9.10. The van der Waals surface area contributed by atoms with Gasteiger partial charge in [-0.15, -0.1) is 0 Å². The Morgan fingerprint density at radius 3 is 2.74 bits per heavy atom. The van der Waals surface area contributed by atoms with Gasteiger partial charge in [0, 0.05) is 29.1 Å². The van der Waals surface area contributed by atoms with Crippen molar-refractivity contribution in [3.05, 3.63) is 28.7 Å². The molecule has 1 N–H and O–H groups in total. The number of nitrogens with zero attached hydrogens (tertiary/aromatic N) is 1. The van der Waals surface area contributed by atoms with E-state index in [1.807, 2.05) is 0 Å². The van der Waals surface area contributed by atoms with Crippen LogP contribution in [0.25, 0.3) is 0 Å². The van der Waals surface area contributed by atoms with Crippen LogP contribution >= 0.6 is 15.9 Å². The molecule has 2 nitrogen and oxygen atoms in total. The number of anilines is 1. The summed E-state index contributed by atoms with van der Waals surface area (Å²) in [6.07, 6.45) is 6.64. The quantitative estimate of drug-likeness (QED) is 0.886. The van der Waals surface area contributed by atoms with Crippen molar-refractivity contribution in [1.29, 1.82) is 0 Å². The first-order valence-corrected chi connectivity index (χ1v) is 8.30. The molecule has 1 heterocycles. The Kier molecular flexibility index (Phi) is 3.86. The largest absolute Gasteiger partial charge is 0.365 e. The van der Waals surface area contributed by atoms with Crippen LogP contribution in [-0.2, 0) is 0 Å². The Morgan fingerprint density at radius 2 is 2.05 bits per heavy atom. The number of rotatable bonds is 2. The van der Waals surface area contributed by atoms with Gasteiger partial charge >= 0.3 is 0 Å². The number of benzene rings is 1. The van der Waals surface area contributed by atoms with E-state index < -0.39 is 0 Å². The summed E-state index contributed by atoms with van der Waals surface area (Å²) in [5.41, 5.74) is 1.74. The minimum atomic E-state index is 0.376. The van der Waals surface area contributed by atoms with Crippen LogP contribution in [0.2, 0.25) is 0 Å². The van der Waals surface area contributed by atoms with E-state index in [2.05, 4.69) is 57.3 Å². The highest BCUT2D eigenvalue weighted by Crippen LogP contribution is 2.37. The maximum absolute atomic E-state index is 3.86. The Morgan fingerprint density at radius 1 is 1.32 bits per heavy atom. The van der Waals surface area contributed by atoms with Gasteiger partial charge < -0.3 is 10.2 Å². The summed E-state index contributed by atoms with van der Waals surface area (Å²) in [7, 11) is 0. The molecule has 1 saturated carbocycles. The zero-order chi connectivity index (χ0) is 13.3. The lowest BCUT2D eigenvalue weighted by atomic mass is 9.91. The third-order valence-electron chi connectivity index (χ3n) is 4.82. The lowest BCUT2D eigenvalue weighted by molar-refractivity contribution is 0.267. The standard InChI is InChI=1S/C16H23BrN2/c1-2-13-11-18-16(9-5-6-10-16)12-19(13)15-8-4-3-7-14(15)17/h3-4,7-8,13,18H,2,5-6,9-12H2,1H3. The summed E-state index contributed by atoms with van der Waals surface area (Å²) in [4.78, 5) is 2.63. The van der Waals surface area contributed by atoms with E-state index in [1.54, 1.807) is 0 Å². The van der Waals surface area contributed by atoms with Gasteiger partial charge in [0.05, 0.1) is 5.69 Å². The predicted molar refractivity (Wildman–Crippen MR) is 84.8 cm³/mol. The van der Waals surface area contributed by atoms with Crippen molar-refractivity contribution in [2.75, 3.05) is 18.0 Å². The second-order valence-corrected chi connectivity index (χ2v) is 6.86. The second-order valence-electron chi connectivity index (χ2n) is 6.01. The highest BCUT2D eigenvalue weighted by atomic mass is 79.9. The Balaban J connectivity index is 1.89. The van der Waals surface area contributed by atoms with Crippen LogP contribution < -0.4 is 10.2 Å². The molecule has 3 heteroatoms. The van der Waals surface area contributed by atoms with Gasteiger partial charge in [0.25, 0.3) is 0 Å². The Bertz CT molecular complexity index is 440. The van der Waals surface area contributed by atoms with E-state index >= 15 is 0 Å². The first kappa shape index (κ1) is 13.4. The van der Waals surface area contributed by atoms with Gasteiger partial charge in [-0.3, -0.25) is 0 Å². The third kappa shape index (κ3) is 2.55. The van der Waals surface area contributed by atoms with Crippen molar-refractivity contribution >= 4 is 21.6 Å². The zero-order valence-electron chi connectivity index (χ0n) is 11.7. The molecule has 1 aromatic rings. The SMILES string of the molecule is CCC1CNC2(CCCC2)CN1c1ccccc1Br. The van der Waals surface area contributed by atoms with Crippen molar-refractivity contribution in [2.45, 2.75) is 50.6 Å². The molecular formula is C16H23BrN2. The van der Waals surface area contributed by atoms with Crippen LogP contribution in [0.5, 0.6) is 0 Å². The Labute approximate surface area is 124 Å². The van der Waals surface area contributed by atoms with Crippen LogP contribution in [0.4, 0.5) is 5.69 Å². The van der Waals surface area contributed by atoms with E-state index in [0.29, 0.717) is 11.6 Å². The maximum atomic E-state index is 3.86. The molecule has 1 aliphatic heterocycles. The van der Waals surface area contributed by atoms with Gasteiger partial charge in [-0.25, -0.2) is 0 Å². The number of para-hydroxylation sites is 1. The first-order valence-electron chi connectivity index (χ1n) is 7.50. The van der Waals surface area contributed by atoms with Crippen molar-refractivity contribution in [3.8, 4) is 0 Å². The Hall–Kier alpha value is -0.540. The summed E-state index contributed by atoms with van der Waals surface area (Å²) in [6, 6.07) is 9.27. The predicted octanol–water partition coefficient (Wildman–Crippen LogP) is 3.95. The molecule has 1 atom stereocenters. The molecule has 3 rings (SSSR count). The average molecular weight is 323 g/mol. The van der Waals surface area contributed by atoms with E-state index in [9.17, 15) is 0 Å². The number of piperazine rings is 1. The molecule has 2 aliphatic rings. The van der Waals surface area contributed by atoms with Gasteiger partial charge in [0.1, 0.15) is 0 Å². The second kappa shape index (κ2) is 5.45. The first-order chi connectivity index (χ1) is 9.24. The number of hydrogen-bond acceptors (Lipinski definition) is 2. The topological polar surface area (TPSA) is 15.3 Å². The molecule has 2 fully saturated rings. The van der Waals surface area contributed by atoms with Crippen LogP contribution in [0.15, 0.2) is 28.7 Å². The summed E-state index contributed by atoms with van der Waals surface area (Å²) in [5, 5.41) is 3.86. The van der Waals surface area contributed by atoms with Gasteiger partial charge in [-0.05, 0) is 47.3 Å². The molecule has 1 aromatic carbocycles. The van der Waals surface area contributed by atoms with E-state index in [0.717, 1.165) is 13.1 Å². The maximum Gasteiger partial charge on any atom is 0.0514 e. The molecule has 0 aromatic heterocycles. The highest BCUT2D eigenvalue weighted by Gasteiger charge is 2.40. The fraction of sp³-hybridized carbons (Fsp3) is 0.625. The molecule has 1 aliphatic carbocycles. The number of hydrogen-bond donors (Lipinski definition) is 1. The third-order valence-corrected chi connectivity index (χ3v) is 5.49. The van der Waals surface area contributed by atoms with E-state index in [-0.39, 0.29) is 0 Å². The molecule has 104 valence electrons. The lowest BCUT2D eigenvalue weighted by Crippen LogP contribution is -2.63. The van der Waals surface area contributed by atoms with Crippen molar-refractivity contribution in [3.63, 3.8) is 0 Å². The summed E-state index contributed by atoms with van der Waals surface area (Å²) in [5.74, 6) is 0. The van der Waals surface area contributed by atoms with Crippen molar-refractivity contribution < 1.29 is 0 Å².